The molecule has 1 fully saturated rings. The van der Waals surface area contributed by atoms with Crippen LogP contribution in [0.4, 0.5) is 15.8 Å². The molecule has 30 heavy (non-hydrogen) atoms. The zero-order valence-corrected chi connectivity index (χ0v) is 17.3. The summed E-state index contributed by atoms with van der Waals surface area (Å²) in [6.07, 6.45) is 0. The largest absolute Gasteiger partial charge is 0.479 e. The van der Waals surface area contributed by atoms with Gasteiger partial charge in [-0.2, -0.15) is 0 Å². The quantitative estimate of drug-likeness (QED) is 0.691. The van der Waals surface area contributed by atoms with Crippen LogP contribution in [0.15, 0.2) is 54.6 Å². The molecule has 2 aliphatic heterocycles. The minimum Gasteiger partial charge on any atom is -0.479 e. The standard InChI is InChI=1S/C23H22FN3O2.ClH/c24-19-12-20(26-9-7-25-8-10-26)23-21(13-19)27(22(28)15-29-23)14-16-5-6-17-3-1-2-4-18(17)11-16;/h1-6,11-13,25H,7-10,14-15H2;1H. The maximum Gasteiger partial charge on any atom is 0.265 e. The normalized spacial score (nSPS) is 16.1. The molecule has 156 valence electrons. The molecule has 0 bridgehead atoms. The van der Waals surface area contributed by atoms with Crippen LogP contribution in [0.2, 0.25) is 0 Å². The Kier molecular flexibility index (Phi) is 5.79. The molecule has 0 spiro atoms. The Morgan fingerprint density at radius 3 is 2.50 bits per heavy atom. The minimum atomic E-state index is -0.362. The highest BCUT2D eigenvalue weighted by Gasteiger charge is 2.30. The molecule has 3 aromatic rings. The van der Waals surface area contributed by atoms with Crippen molar-refractivity contribution < 1.29 is 13.9 Å². The van der Waals surface area contributed by atoms with Crippen molar-refractivity contribution in [3.8, 4) is 5.75 Å². The number of carbonyl (C=O) groups excluding carboxylic acids is 1. The van der Waals surface area contributed by atoms with Gasteiger partial charge >= 0.3 is 0 Å². The van der Waals surface area contributed by atoms with E-state index in [-0.39, 0.29) is 30.7 Å². The first-order valence-electron chi connectivity index (χ1n) is 9.89. The molecular weight excluding hydrogens is 405 g/mol. The number of ether oxygens (including phenoxy) is 1. The van der Waals surface area contributed by atoms with Crippen molar-refractivity contribution in [1.29, 1.82) is 0 Å². The van der Waals surface area contributed by atoms with Crippen molar-refractivity contribution in [1.82, 2.24) is 5.32 Å². The molecule has 0 aromatic heterocycles. The predicted molar refractivity (Wildman–Crippen MR) is 119 cm³/mol. The van der Waals surface area contributed by atoms with E-state index in [1.54, 1.807) is 4.90 Å². The number of amides is 1. The van der Waals surface area contributed by atoms with E-state index in [1.165, 1.54) is 12.1 Å². The Morgan fingerprint density at radius 1 is 0.967 bits per heavy atom. The molecule has 5 nitrogen and oxygen atoms in total. The van der Waals surface area contributed by atoms with Gasteiger partial charge in [0.05, 0.1) is 17.9 Å². The van der Waals surface area contributed by atoms with Crippen molar-refractivity contribution in [2.24, 2.45) is 0 Å². The Bertz CT molecular complexity index is 1090. The van der Waals surface area contributed by atoms with Gasteiger partial charge in [0.1, 0.15) is 5.82 Å². The van der Waals surface area contributed by atoms with Crippen LogP contribution in [0.3, 0.4) is 0 Å². The van der Waals surface area contributed by atoms with Gasteiger partial charge < -0.3 is 19.9 Å². The molecule has 7 heteroatoms. The minimum absolute atomic E-state index is 0. The van der Waals surface area contributed by atoms with Crippen LogP contribution in [-0.4, -0.2) is 38.7 Å². The zero-order valence-electron chi connectivity index (χ0n) is 16.4. The second-order valence-corrected chi connectivity index (χ2v) is 7.46. The Labute approximate surface area is 180 Å². The molecule has 2 aliphatic rings. The summed E-state index contributed by atoms with van der Waals surface area (Å²) in [5.41, 5.74) is 2.22. The number of halogens is 2. The van der Waals surface area contributed by atoms with E-state index in [9.17, 15) is 9.18 Å². The second kappa shape index (κ2) is 8.50. The Balaban J connectivity index is 0.00000218. The van der Waals surface area contributed by atoms with E-state index in [0.29, 0.717) is 18.0 Å². The van der Waals surface area contributed by atoms with Crippen molar-refractivity contribution in [2.45, 2.75) is 6.54 Å². The number of nitrogens with one attached hydrogen (secondary N) is 1. The van der Waals surface area contributed by atoms with Gasteiger partial charge in [0.2, 0.25) is 0 Å². The molecule has 3 aromatic carbocycles. The van der Waals surface area contributed by atoms with E-state index >= 15 is 0 Å². The summed E-state index contributed by atoms with van der Waals surface area (Å²) >= 11 is 0. The fourth-order valence-corrected chi connectivity index (χ4v) is 4.09. The summed E-state index contributed by atoms with van der Waals surface area (Å²) in [5.74, 6) is 0.0651. The average Bonchev–Trinajstić information content (AvgIpc) is 2.76. The lowest BCUT2D eigenvalue weighted by Gasteiger charge is -2.35. The number of piperazine rings is 1. The van der Waals surface area contributed by atoms with Crippen LogP contribution in [0.1, 0.15) is 5.56 Å². The molecule has 1 amide bonds. The maximum atomic E-state index is 14.5. The van der Waals surface area contributed by atoms with Crippen LogP contribution >= 0.6 is 12.4 Å². The summed E-state index contributed by atoms with van der Waals surface area (Å²) < 4.78 is 20.3. The first kappa shape index (κ1) is 20.4. The van der Waals surface area contributed by atoms with Crippen LogP contribution in [-0.2, 0) is 11.3 Å². The number of hydrogen-bond acceptors (Lipinski definition) is 4. The lowest BCUT2D eigenvalue weighted by Crippen LogP contribution is -2.44. The third-order valence-electron chi connectivity index (χ3n) is 5.56. The Morgan fingerprint density at radius 2 is 1.70 bits per heavy atom. The third kappa shape index (κ3) is 3.80. The lowest BCUT2D eigenvalue weighted by atomic mass is 10.1. The van der Waals surface area contributed by atoms with E-state index in [2.05, 4.69) is 28.4 Å². The number of carbonyl (C=O) groups is 1. The number of fused-ring (bicyclic) bond motifs is 2. The van der Waals surface area contributed by atoms with Gasteiger partial charge in [-0.25, -0.2) is 4.39 Å². The molecule has 0 radical (unpaired) electrons. The van der Waals surface area contributed by atoms with Gasteiger partial charge in [0.15, 0.2) is 12.4 Å². The maximum absolute atomic E-state index is 14.5. The molecule has 5 rings (SSSR count). The molecule has 0 saturated carbocycles. The van der Waals surface area contributed by atoms with Crippen LogP contribution < -0.4 is 19.9 Å². The highest BCUT2D eigenvalue weighted by molar-refractivity contribution is 5.99. The zero-order chi connectivity index (χ0) is 19.8. The van der Waals surface area contributed by atoms with Gasteiger partial charge in [-0.1, -0.05) is 36.4 Å². The highest BCUT2D eigenvalue weighted by atomic mass is 35.5. The smallest absolute Gasteiger partial charge is 0.265 e. The lowest BCUT2D eigenvalue weighted by molar-refractivity contribution is -0.121. The highest BCUT2D eigenvalue weighted by Crippen LogP contribution is 2.42. The molecule has 1 saturated heterocycles. The first-order valence-corrected chi connectivity index (χ1v) is 9.89. The number of anilines is 2. The molecule has 0 unspecified atom stereocenters. The number of benzene rings is 3. The summed E-state index contributed by atoms with van der Waals surface area (Å²) in [5, 5.41) is 5.57. The van der Waals surface area contributed by atoms with Crippen molar-refractivity contribution in [3.05, 3.63) is 66.0 Å². The topological polar surface area (TPSA) is 44.8 Å². The van der Waals surface area contributed by atoms with Gasteiger partial charge in [-0.3, -0.25) is 4.79 Å². The van der Waals surface area contributed by atoms with Crippen LogP contribution in [0.25, 0.3) is 10.8 Å². The molecular formula is C23H23ClFN3O2. The van der Waals surface area contributed by atoms with Crippen LogP contribution in [0.5, 0.6) is 5.75 Å². The fraction of sp³-hybridized carbons (Fsp3) is 0.261. The number of nitrogens with zero attached hydrogens (tertiary/aromatic N) is 2. The molecule has 1 N–H and O–H groups in total. The second-order valence-electron chi connectivity index (χ2n) is 7.46. The average molecular weight is 428 g/mol. The number of rotatable bonds is 3. The molecule has 0 atom stereocenters. The monoisotopic (exact) mass is 427 g/mol. The Hall–Kier alpha value is -2.83. The van der Waals surface area contributed by atoms with E-state index in [4.69, 9.17) is 4.74 Å². The van der Waals surface area contributed by atoms with Crippen LogP contribution in [0, 0.1) is 5.82 Å². The third-order valence-corrected chi connectivity index (χ3v) is 5.56. The molecule has 2 heterocycles. The van der Waals surface area contributed by atoms with Crippen molar-refractivity contribution in [2.75, 3.05) is 42.6 Å². The molecule has 0 aliphatic carbocycles. The van der Waals surface area contributed by atoms with E-state index < -0.39 is 0 Å². The van der Waals surface area contributed by atoms with Gasteiger partial charge in [-0.15, -0.1) is 12.4 Å². The SMILES string of the molecule is Cl.O=C1COc2c(N3CCNCC3)cc(F)cc2N1Cc1ccc2ccccc2c1. The van der Waals surface area contributed by atoms with Gasteiger partial charge in [0.25, 0.3) is 5.91 Å². The summed E-state index contributed by atoms with van der Waals surface area (Å²) in [6, 6.07) is 17.2. The van der Waals surface area contributed by atoms with Crippen molar-refractivity contribution >= 4 is 40.5 Å². The summed E-state index contributed by atoms with van der Waals surface area (Å²) in [4.78, 5) is 16.4. The summed E-state index contributed by atoms with van der Waals surface area (Å²) in [6.45, 7) is 3.57. The van der Waals surface area contributed by atoms with E-state index in [1.807, 2.05) is 24.3 Å². The van der Waals surface area contributed by atoms with Gasteiger partial charge in [-0.05, 0) is 22.4 Å². The predicted octanol–water partition coefficient (Wildman–Crippen LogP) is 3.74. The van der Waals surface area contributed by atoms with Gasteiger partial charge in [0, 0.05) is 38.3 Å². The fourth-order valence-electron chi connectivity index (χ4n) is 4.09. The summed E-state index contributed by atoms with van der Waals surface area (Å²) in [7, 11) is 0. The van der Waals surface area contributed by atoms with Crippen molar-refractivity contribution in [3.63, 3.8) is 0 Å². The number of hydrogen-bond donors (Lipinski definition) is 1. The van der Waals surface area contributed by atoms with E-state index in [0.717, 1.165) is 48.2 Å². The first-order chi connectivity index (χ1) is 14.2.